The number of carbonyl (C=O) groups excluding carboxylic acids is 3. The summed E-state index contributed by atoms with van der Waals surface area (Å²) in [6, 6.07) is 15.3. The van der Waals surface area contributed by atoms with E-state index in [2.05, 4.69) is 0 Å². The molecule has 0 bridgehead atoms. The average Bonchev–Trinajstić information content (AvgIpc) is 2.94. The molecule has 1 aliphatic carbocycles. The van der Waals surface area contributed by atoms with E-state index in [1.165, 1.54) is 4.90 Å². The van der Waals surface area contributed by atoms with Gasteiger partial charge in [-0.05, 0) is 37.1 Å². The molecule has 0 spiro atoms. The van der Waals surface area contributed by atoms with Gasteiger partial charge in [0, 0.05) is 0 Å². The van der Waals surface area contributed by atoms with E-state index in [4.69, 9.17) is 4.74 Å². The molecule has 2 aromatic carbocycles. The van der Waals surface area contributed by atoms with Gasteiger partial charge in [0.1, 0.15) is 0 Å². The highest BCUT2D eigenvalue weighted by molar-refractivity contribution is 6.22. The SMILES string of the molecule is O=C(Oc1ccccc1N1C(=O)[C@H]2CCCC[C@@H]2C1=O)c1ccccc1. The standard InChI is InChI=1S/C21H19NO4/c23-19-15-10-4-5-11-16(15)20(24)22(19)17-12-6-7-13-18(17)26-21(25)14-8-2-1-3-9-14/h1-3,6-9,12-13,15-16H,4-5,10-11H2/t15-,16-/m0/s1. The Labute approximate surface area is 151 Å². The molecule has 26 heavy (non-hydrogen) atoms. The zero-order chi connectivity index (χ0) is 18.1. The second-order valence-electron chi connectivity index (χ2n) is 6.73. The van der Waals surface area contributed by atoms with E-state index in [9.17, 15) is 14.4 Å². The Morgan fingerprint density at radius 3 is 2.08 bits per heavy atom. The molecule has 5 heteroatoms. The number of hydrogen-bond acceptors (Lipinski definition) is 4. The fraction of sp³-hybridized carbons (Fsp3) is 0.286. The van der Waals surface area contributed by atoms with Crippen LogP contribution in [0.1, 0.15) is 36.0 Å². The summed E-state index contributed by atoms with van der Waals surface area (Å²) in [6.07, 6.45) is 3.44. The van der Waals surface area contributed by atoms with E-state index in [-0.39, 0.29) is 29.4 Å². The Kier molecular flexibility index (Phi) is 4.29. The van der Waals surface area contributed by atoms with E-state index in [0.29, 0.717) is 11.3 Å². The number of anilines is 1. The molecule has 1 aliphatic heterocycles. The lowest BCUT2D eigenvalue weighted by atomic mass is 9.81. The summed E-state index contributed by atoms with van der Waals surface area (Å²) >= 11 is 0. The number of carbonyl (C=O) groups is 3. The number of nitrogens with zero attached hydrogens (tertiary/aromatic N) is 1. The number of ether oxygens (including phenoxy) is 1. The number of imide groups is 1. The molecule has 2 fully saturated rings. The van der Waals surface area contributed by atoms with Gasteiger partial charge in [0.25, 0.3) is 0 Å². The van der Waals surface area contributed by atoms with Gasteiger partial charge in [0.2, 0.25) is 11.8 Å². The fourth-order valence-corrected chi connectivity index (χ4v) is 3.86. The van der Waals surface area contributed by atoms with Crippen LogP contribution in [-0.2, 0) is 9.59 Å². The van der Waals surface area contributed by atoms with Crippen molar-refractivity contribution in [2.45, 2.75) is 25.7 Å². The predicted octanol–water partition coefficient (Wildman–Crippen LogP) is 3.59. The first kappa shape index (κ1) is 16.5. The van der Waals surface area contributed by atoms with Crippen LogP contribution in [0.15, 0.2) is 54.6 Å². The van der Waals surface area contributed by atoms with Crippen molar-refractivity contribution in [2.75, 3.05) is 4.90 Å². The number of hydrogen-bond donors (Lipinski definition) is 0. The van der Waals surface area contributed by atoms with Crippen molar-refractivity contribution in [3.63, 3.8) is 0 Å². The van der Waals surface area contributed by atoms with Crippen LogP contribution in [0.4, 0.5) is 5.69 Å². The van der Waals surface area contributed by atoms with Gasteiger partial charge < -0.3 is 4.74 Å². The molecule has 2 aliphatic rings. The molecule has 1 heterocycles. The van der Waals surface area contributed by atoms with Gasteiger partial charge in [-0.1, -0.05) is 43.2 Å². The number of rotatable bonds is 3. The molecule has 2 atom stereocenters. The molecular weight excluding hydrogens is 330 g/mol. The number of esters is 1. The largest absolute Gasteiger partial charge is 0.421 e. The highest BCUT2D eigenvalue weighted by Gasteiger charge is 2.49. The van der Waals surface area contributed by atoms with Crippen molar-refractivity contribution in [1.82, 2.24) is 0 Å². The topological polar surface area (TPSA) is 63.7 Å². The lowest BCUT2D eigenvalue weighted by molar-refractivity contribution is -0.122. The molecule has 5 nitrogen and oxygen atoms in total. The molecule has 2 amide bonds. The van der Waals surface area contributed by atoms with Crippen LogP contribution in [0.2, 0.25) is 0 Å². The van der Waals surface area contributed by atoms with E-state index < -0.39 is 5.97 Å². The molecule has 0 aromatic heterocycles. The first-order valence-corrected chi connectivity index (χ1v) is 8.91. The Bertz CT molecular complexity index is 837. The van der Waals surface area contributed by atoms with Gasteiger partial charge >= 0.3 is 5.97 Å². The third kappa shape index (κ3) is 2.79. The summed E-state index contributed by atoms with van der Waals surface area (Å²) in [5.41, 5.74) is 0.760. The second-order valence-corrected chi connectivity index (χ2v) is 6.73. The van der Waals surface area contributed by atoms with E-state index >= 15 is 0 Å². The Hall–Kier alpha value is -2.95. The van der Waals surface area contributed by atoms with Crippen molar-refractivity contribution < 1.29 is 19.1 Å². The molecule has 132 valence electrons. The monoisotopic (exact) mass is 349 g/mol. The minimum Gasteiger partial charge on any atom is -0.421 e. The lowest BCUT2D eigenvalue weighted by Gasteiger charge is -2.19. The van der Waals surface area contributed by atoms with Gasteiger partial charge in [-0.15, -0.1) is 0 Å². The van der Waals surface area contributed by atoms with Gasteiger partial charge in [0.05, 0.1) is 23.1 Å². The molecule has 1 saturated heterocycles. The fourth-order valence-electron chi connectivity index (χ4n) is 3.86. The van der Waals surface area contributed by atoms with Crippen LogP contribution in [0.5, 0.6) is 5.75 Å². The Morgan fingerprint density at radius 1 is 0.846 bits per heavy atom. The molecule has 4 rings (SSSR count). The summed E-state index contributed by atoms with van der Waals surface area (Å²) < 4.78 is 5.51. The maximum Gasteiger partial charge on any atom is 0.343 e. The maximum absolute atomic E-state index is 12.8. The second kappa shape index (κ2) is 6.75. The Balaban J connectivity index is 1.65. The molecule has 0 unspecified atom stereocenters. The summed E-state index contributed by atoms with van der Waals surface area (Å²) in [4.78, 5) is 39.2. The molecular formula is C21H19NO4. The molecule has 0 radical (unpaired) electrons. The summed E-state index contributed by atoms with van der Waals surface area (Å²) in [5.74, 6) is -1.13. The van der Waals surface area contributed by atoms with Gasteiger partial charge in [-0.3, -0.25) is 9.59 Å². The summed E-state index contributed by atoms with van der Waals surface area (Å²) in [5, 5.41) is 0. The number of fused-ring (bicyclic) bond motifs is 1. The van der Waals surface area contributed by atoms with Crippen LogP contribution in [0.25, 0.3) is 0 Å². The summed E-state index contributed by atoms with van der Waals surface area (Å²) in [6.45, 7) is 0. The van der Waals surface area contributed by atoms with Crippen LogP contribution >= 0.6 is 0 Å². The third-order valence-corrected chi connectivity index (χ3v) is 5.16. The van der Waals surface area contributed by atoms with Crippen LogP contribution < -0.4 is 9.64 Å². The minimum absolute atomic E-state index is 0.178. The highest BCUT2D eigenvalue weighted by atomic mass is 16.5. The van der Waals surface area contributed by atoms with Crippen molar-refractivity contribution in [3.05, 3.63) is 60.2 Å². The van der Waals surface area contributed by atoms with Gasteiger partial charge in [0.15, 0.2) is 5.75 Å². The van der Waals surface area contributed by atoms with Crippen molar-refractivity contribution in [2.24, 2.45) is 11.8 Å². The zero-order valence-corrected chi connectivity index (χ0v) is 14.3. The highest BCUT2D eigenvalue weighted by Crippen LogP contribution is 2.42. The molecule has 1 saturated carbocycles. The van der Waals surface area contributed by atoms with E-state index in [0.717, 1.165) is 25.7 Å². The van der Waals surface area contributed by atoms with Crippen molar-refractivity contribution >= 4 is 23.5 Å². The average molecular weight is 349 g/mol. The number of para-hydroxylation sites is 2. The normalized spacial score (nSPS) is 22.2. The first-order valence-electron chi connectivity index (χ1n) is 8.91. The lowest BCUT2D eigenvalue weighted by Crippen LogP contribution is -2.31. The minimum atomic E-state index is -0.519. The van der Waals surface area contributed by atoms with Gasteiger partial charge in [-0.2, -0.15) is 0 Å². The Morgan fingerprint density at radius 2 is 1.42 bits per heavy atom. The van der Waals surface area contributed by atoms with Gasteiger partial charge in [-0.25, -0.2) is 9.69 Å². The quantitative estimate of drug-likeness (QED) is 0.483. The van der Waals surface area contributed by atoms with Crippen molar-refractivity contribution in [1.29, 1.82) is 0 Å². The van der Waals surface area contributed by atoms with E-state index in [1.54, 1.807) is 48.5 Å². The van der Waals surface area contributed by atoms with Crippen LogP contribution in [-0.4, -0.2) is 17.8 Å². The first-order chi connectivity index (χ1) is 12.7. The number of benzene rings is 2. The third-order valence-electron chi connectivity index (χ3n) is 5.16. The smallest absolute Gasteiger partial charge is 0.343 e. The van der Waals surface area contributed by atoms with Crippen LogP contribution in [0, 0.1) is 11.8 Å². The summed E-state index contributed by atoms with van der Waals surface area (Å²) in [7, 11) is 0. The van der Waals surface area contributed by atoms with E-state index in [1.807, 2.05) is 6.07 Å². The molecule has 2 aromatic rings. The molecule has 0 N–H and O–H groups in total. The maximum atomic E-state index is 12.8. The van der Waals surface area contributed by atoms with Crippen molar-refractivity contribution in [3.8, 4) is 5.75 Å². The zero-order valence-electron chi connectivity index (χ0n) is 14.3. The predicted molar refractivity (Wildman–Crippen MR) is 95.8 cm³/mol. The number of amides is 2. The van der Waals surface area contributed by atoms with Crippen LogP contribution in [0.3, 0.4) is 0 Å².